The van der Waals surface area contributed by atoms with Crippen LogP contribution >= 0.6 is 0 Å². The van der Waals surface area contributed by atoms with Crippen LogP contribution in [0.25, 0.3) is 0 Å². The van der Waals surface area contributed by atoms with Crippen LogP contribution < -0.4 is 27.0 Å². The van der Waals surface area contributed by atoms with E-state index in [0.717, 1.165) is 87.3 Å². The number of aliphatic imine (C=N–C) groups is 2. The van der Waals surface area contributed by atoms with Crippen LogP contribution in [0.15, 0.2) is 83.2 Å². The molecule has 10 nitrogen and oxygen atoms in total. The third kappa shape index (κ3) is 19.1. The van der Waals surface area contributed by atoms with Gasteiger partial charge in [-0.3, -0.25) is 14.8 Å². The van der Waals surface area contributed by atoms with Crippen molar-refractivity contribution in [3.63, 3.8) is 0 Å². The molecule has 2 atom stereocenters. The molecule has 10 heteroatoms. The zero-order chi connectivity index (χ0) is 35.6. The van der Waals surface area contributed by atoms with Crippen molar-refractivity contribution in [1.82, 2.24) is 25.8 Å². The molecule has 1 fully saturated rings. The maximum Gasteiger partial charge on any atom is 0.227 e. The fourth-order valence-corrected chi connectivity index (χ4v) is 5.06. The topological polar surface area (TPSA) is 122 Å². The number of carbonyl (C=O) groups is 1. The summed E-state index contributed by atoms with van der Waals surface area (Å²) < 4.78 is 0. The van der Waals surface area contributed by atoms with Crippen molar-refractivity contribution in [1.29, 1.82) is 0 Å². The predicted octanol–water partition coefficient (Wildman–Crippen LogP) is 5.50. The second-order valence-corrected chi connectivity index (χ2v) is 12.6. The standard InChI is InChI=1S/C31H50N8O.C7H15N/c1-6-29(24(3)4)30(37-23-35-17-14-27(32)13-16-34-22-33-5)36-21-25-10-8-12-28(20-25)38-31(40)26-11-9-18-39(7-2)19-15-26;1-4-5-6-7-8(2)3/h6-8,10,12,20,22-24,26-27,36H,1-2,9,11,13-19,21,32H2,3-5H3,(H,33,34)(H,35,37)(H,38,40);5-6H,4,7H2,1-3H3/b30-29-;6-5+. The molecule has 268 valence electrons. The molecule has 48 heavy (non-hydrogen) atoms. The molecule has 0 saturated carbocycles. The number of hydrogen-bond acceptors (Lipinski definition) is 7. The number of nitrogens with zero attached hydrogens (tertiary/aromatic N) is 4. The van der Waals surface area contributed by atoms with Gasteiger partial charge in [-0.15, -0.1) is 0 Å². The van der Waals surface area contributed by atoms with E-state index in [1.54, 1.807) is 19.7 Å². The minimum Gasteiger partial charge on any atom is -0.378 e. The van der Waals surface area contributed by atoms with E-state index in [0.29, 0.717) is 13.1 Å². The summed E-state index contributed by atoms with van der Waals surface area (Å²) in [5.41, 5.74) is 9.12. The minimum atomic E-state index is 0.0210. The second kappa shape index (κ2) is 26.1. The fraction of sp³-hybridized carbons (Fsp3) is 0.553. The molecule has 0 aromatic heterocycles. The van der Waals surface area contributed by atoms with Crippen molar-refractivity contribution in [2.45, 2.75) is 71.9 Å². The van der Waals surface area contributed by atoms with E-state index in [9.17, 15) is 4.79 Å². The SMILES string of the molecule is C=C/C(=C(/NC=NCCC(N)CCNC=NC)NCc1cccc(NC(=O)C2CCCN(C=C)CC2)c1)C(C)C.CC/C=C/CN(C)C. The maximum absolute atomic E-state index is 13.0. The summed E-state index contributed by atoms with van der Waals surface area (Å²) in [7, 11) is 5.87. The van der Waals surface area contributed by atoms with Crippen LogP contribution in [0.5, 0.6) is 0 Å². The summed E-state index contributed by atoms with van der Waals surface area (Å²) in [6.07, 6.45) is 17.1. The first kappa shape index (κ1) is 42.1. The predicted molar refractivity (Wildman–Crippen MR) is 207 cm³/mol. The number of carbonyl (C=O) groups excluding carboxylic acids is 1. The largest absolute Gasteiger partial charge is 0.378 e. The molecule has 1 saturated heterocycles. The summed E-state index contributed by atoms with van der Waals surface area (Å²) in [5, 5.41) is 13.1. The lowest BCUT2D eigenvalue weighted by Crippen LogP contribution is -2.29. The number of anilines is 1. The lowest BCUT2D eigenvalue weighted by molar-refractivity contribution is -0.120. The Labute approximate surface area is 291 Å². The number of nitrogens with one attached hydrogen (secondary N) is 4. The highest BCUT2D eigenvalue weighted by Gasteiger charge is 2.22. The highest BCUT2D eigenvalue weighted by atomic mass is 16.1. The molecular formula is C38H65N9O. The average molecular weight is 664 g/mol. The fourth-order valence-electron chi connectivity index (χ4n) is 5.06. The van der Waals surface area contributed by atoms with Gasteiger partial charge in [0.25, 0.3) is 0 Å². The summed E-state index contributed by atoms with van der Waals surface area (Å²) in [5.74, 6) is 1.25. The van der Waals surface area contributed by atoms with Gasteiger partial charge in [0.05, 0.1) is 12.7 Å². The van der Waals surface area contributed by atoms with Crippen LogP contribution in [0.2, 0.25) is 0 Å². The van der Waals surface area contributed by atoms with E-state index >= 15 is 0 Å². The van der Waals surface area contributed by atoms with Crippen LogP contribution in [0.1, 0.15) is 64.9 Å². The number of likely N-dealkylation sites (N-methyl/N-ethyl adjacent to an activating group) is 1. The Morgan fingerprint density at radius 2 is 1.94 bits per heavy atom. The van der Waals surface area contributed by atoms with Gasteiger partial charge in [0.15, 0.2) is 0 Å². The van der Waals surface area contributed by atoms with Gasteiger partial charge in [0, 0.05) is 64.0 Å². The number of hydrogen-bond donors (Lipinski definition) is 5. The second-order valence-electron chi connectivity index (χ2n) is 12.6. The molecule has 1 aliphatic rings. The number of rotatable bonds is 20. The molecule has 0 spiro atoms. The van der Waals surface area contributed by atoms with E-state index in [-0.39, 0.29) is 23.8 Å². The Balaban J connectivity index is 0.00000127. The Bertz CT molecular complexity index is 1170. The molecule has 6 N–H and O–H groups in total. The monoisotopic (exact) mass is 664 g/mol. The minimum absolute atomic E-state index is 0.0210. The van der Waals surface area contributed by atoms with Crippen molar-refractivity contribution in [2.75, 3.05) is 59.2 Å². The van der Waals surface area contributed by atoms with Crippen molar-refractivity contribution < 1.29 is 4.79 Å². The first-order valence-corrected chi connectivity index (χ1v) is 17.5. The number of allylic oxidation sites excluding steroid dienone is 3. The van der Waals surface area contributed by atoms with Gasteiger partial charge in [0.2, 0.25) is 5.91 Å². The van der Waals surface area contributed by atoms with Gasteiger partial charge < -0.3 is 36.8 Å². The van der Waals surface area contributed by atoms with Gasteiger partial charge in [-0.05, 0) is 88.0 Å². The van der Waals surface area contributed by atoms with Gasteiger partial charge in [-0.2, -0.15) is 0 Å². The third-order valence-corrected chi connectivity index (χ3v) is 7.87. The summed E-state index contributed by atoms with van der Waals surface area (Å²) in [6.45, 7) is 19.2. The van der Waals surface area contributed by atoms with E-state index in [1.165, 1.54) is 0 Å². The summed E-state index contributed by atoms with van der Waals surface area (Å²) >= 11 is 0. The molecule has 1 amide bonds. The first-order chi connectivity index (χ1) is 23.1. The molecular weight excluding hydrogens is 598 g/mol. The normalized spacial score (nSPS) is 16.4. The Hall–Kier alpha value is -3.89. The quantitative estimate of drug-likeness (QED) is 0.0411. The van der Waals surface area contributed by atoms with Crippen molar-refractivity contribution >= 4 is 24.3 Å². The number of benzene rings is 1. The molecule has 1 aromatic rings. The van der Waals surface area contributed by atoms with Crippen LogP contribution in [-0.4, -0.2) is 88.3 Å². The van der Waals surface area contributed by atoms with Gasteiger partial charge >= 0.3 is 0 Å². The molecule has 0 bridgehead atoms. The third-order valence-electron chi connectivity index (χ3n) is 7.87. The van der Waals surface area contributed by atoms with Crippen molar-refractivity contribution in [3.8, 4) is 0 Å². The number of nitrogens with two attached hydrogens (primary N) is 1. The zero-order valence-corrected chi connectivity index (χ0v) is 30.7. The zero-order valence-electron chi connectivity index (χ0n) is 30.7. The molecule has 2 rings (SSSR count). The van der Waals surface area contributed by atoms with Crippen LogP contribution in [0.4, 0.5) is 5.69 Å². The van der Waals surface area contributed by atoms with Gasteiger partial charge in [0.1, 0.15) is 5.82 Å². The molecule has 2 unspecified atom stereocenters. The summed E-state index contributed by atoms with van der Waals surface area (Å²) in [6, 6.07) is 8.07. The van der Waals surface area contributed by atoms with E-state index in [4.69, 9.17) is 5.73 Å². The number of likely N-dealkylation sites (tertiary alicyclic amines) is 1. The first-order valence-electron chi connectivity index (χ1n) is 17.5. The van der Waals surface area contributed by atoms with Crippen molar-refractivity contribution in [2.24, 2.45) is 27.6 Å². The van der Waals surface area contributed by atoms with Crippen LogP contribution in [-0.2, 0) is 11.3 Å². The molecule has 1 heterocycles. The Kier molecular flexibility index (Phi) is 22.9. The summed E-state index contributed by atoms with van der Waals surface area (Å²) in [4.78, 5) is 25.7. The van der Waals surface area contributed by atoms with E-state index in [2.05, 4.69) is 101 Å². The molecule has 1 aliphatic heterocycles. The molecule has 0 aliphatic carbocycles. The average Bonchev–Trinajstić information content (AvgIpc) is 3.32. The lowest BCUT2D eigenvalue weighted by Gasteiger charge is -2.18. The highest BCUT2D eigenvalue weighted by molar-refractivity contribution is 5.92. The van der Waals surface area contributed by atoms with Gasteiger partial charge in [-0.1, -0.05) is 64.3 Å². The lowest BCUT2D eigenvalue weighted by atomic mass is 9.99. The van der Waals surface area contributed by atoms with Crippen LogP contribution in [0, 0.1) is 11.8 Å². The van der Waals surface area contributed by atoms with E-state index in [1.807, 2.05) is 36.5 Å². The molecule has 0 radical (unpaired) electrons. The Morgan fingerprint density at radius 3 is 2.60 bits per heavy atom. The maximum atomic E-state index is 13.0. The van der Waals surface area contributed by atoms with Crippen molar-refractivity contribution in [3.05, 3.63) is 78.8 Å². The number of amides is 1. The highest BCUT2D eigenvalue weighted by Crippen LogP contribution is 2.21. The van der Waals surface area contributed by atoms with Crippen LogP contribution in [0.3, 0.4) is 0 Å². The van der Waals surface area contributed by atoms with E-state index < -0.39 is 0 Å². The smallest absolute Gasteiger partial charge is 0.227 e. The Morgan fingerprint density at radius 1 is 1.15 bits per heavy atom. The molecule has 1 aromatic carbocycles. The van der Waals surface area contributed by atoms with Gasteiger partial charge in [-0.25, -0.2) is 0 Å².